The van der Waals surface area contributed by atoms with Crippen LogP contribution in [0.15, 0.2) is 40.9 Å². The van der Waals surface area contributed by atoms with Crippen molar-refractivity contribution in [1.29, 1.82) is 0 Å². The van der Waals surface area contributed by atoms with E-state index in [4.69, 9.17) is 4.74 Å². The van der Waals surface area contributed by atoms with Crippen LogP contribution in [0.5, 0.6) is 11.5 Å². The maximum absolute atomic E-state index is 11.1. The SMILES string of the molecule is CNCc1ccc(C)c(Oc2c(Br)cccc2[N+](=O)[O-])c1. The maximum Gasteiger partial charge on any atom is 0.312 e. The number of ether oxygens (including phenoxy) is 1. The van der Waals surface area contributed by atoms with E-state index in [1.165, 1.54) is 6.07 Å². The maximum atomic E-state index is 11.1. The Bertz CT molecular complexity index is 674. The first-order valence-corrected chi connectivity index (χ1v) is 7.17. The van der Waals surface area contributed by atoms with Crippen molar-refractivity contribution in [1.82, 2.24) is 5.32 Å². The smallest absolute Gasteiger partial charge is 0.312 e. The molecule has 0 aliphatic rings. The topological polar surface area (TPSA) is 64.4 Å². The minimum Gasteiger partial charge on any atom is -0.449 e. The molecule has 2 aromatic rings. The van der Waals surface area contributed by atoms with Crippen LogP contribution in [0.1, 0.15) is 11.1 Å². The zero-order valence-electron chi connectivity index (χ0n) is 11.7. The van der Waals surface area contributed by atoms with Gasteiger partial charge in [-0.25, -0.2) is 0 Å². The Labute approximate surface area is 131 Å². The van der Waals surface area contributed by atoms with Gasteiger partial charge in [-0.05, 0) is 53.2 Å². The number of rotatable bonds is 5. The average molecular weight is 351 g/mol. The minimum atomic E-state index is -0.452. The summed E-state index contributed by atoms with van der Waals surface area (Å²) in [4.78, 5) is 10.7. The Kier molecular flexibility index (Phi) is 4.93. The highest BCUT2D eigenvalue weighted by Gasteiger charge is 2.19. The number of hydrogen-bond acceptors (Lipinski definition) is 4. The molecule has 0 bridgehead atoms. The van der Waals surface area contributed by atoms with Crippen molar-refractivity contribution in [3.05, 3.63) is 62.1 Å². The highest BCUT2D eigenvalue weighted by atomic mass is 79.9. The molecular formula is C15H15BrN2O3. The fourth-order valence-electron chi connectivity index (χ4n) is 1.92. The number of para-hydroxylation sites is 1. The van der Waals surface area contributed by atoms with Gasteiger partial charge < -0.3 is 10.1 Å². The zero-order chi connectivity index (χ0) is 15.4. The Morgan fingerprint density at radius 2 is 2.10 bits per heavy atom. The lowest BCUT2D eigenvalue weighted by Crippen LogP contribution is -2.05. The third-order valence-electron chi connectivity index (χ3n) is 2.99. The van der Waals surface area contributed by atoms with Crippen LogP contribution in [-0.2, 0) is 6.54 Å². The molecule has 0 spiro atoms. The summed E-state index contributed by atoms with van der Waals surface area (Å²) in [5, 5.41) is 14.2. The minimum absolute atomic E-state index is 0.0669. The summed E-state index contributed by atoms with van der Waals surface area (Å²) in [6, 6.07) is 10.6. The number of aryl methyl sites for hydroxylation is 1. The Morgan fingerprint density at radius 1 is 1.33 bits per heavy atom. The predicted molar refractivity (Wildman–Crippen MR) is 84.8 cm³/mol. The van der Waals surface area contributed by atoms with E-state index in [2.05, 4.69) is 21.2 Å². The molecule has 0 fully saturated rings. The molecule has 21 heavy (non-hydrogen) atoms. The molecule has 0 atom stereocenters. The van der Waals surface area contributed by atoms with Crippen LogP contribution in [-0.4, -0.2) is 12.0 Å². The quantitative estimate of drug-likeness (QED) is 0.648. The van der Waals surface area contributed by atoms with Gasteiger partial charge in [0.05, 0.1) is 9.40 Å². The summed E-state index contributed by atoms with van der Waals surface area (Å²) in [7, 11) is 1.86. The fourth-order valence-corrected chi connectivity index (χ4v) is 2.36. The van der Waals surface area contributed by atoms with Gasteiger partial charge >= 0.3 is 5.69 Å². The van der Waals surface area contributed by atoms with Crippen LogP contribution in [0.25, 0.3) is 0 Å². The predicted octanol–water partition coefficient (Wildman–Crippen LogP) is 4.18. The van der Waals surface area contributed by atoms with E-state index in [1.54, 1.807) is 12.1 Å². The number of nitro groups is 1. The molecule has 0 aromatic heterocycles. The summed E-state index contributed by atoms with van der Waals surface area (Å²) < 4.78 is 6.35. The lowest BCUT2D eigenvalue weighted by Gasteiger charge is -2.12. The van der Waals surface area contributed by atoms with Crippen molar-refractivity contribution in [2.75, 3.05) is 7.05 Å². The molecule has 2 rings (SSSR count). The molecule has 0 aliphatic carbocycles. The molecule has 110 valence electrons. The monoisotopic (exact) mass is 350 g/mol. The van der Waals surface area contributed by atoms with Gasteiger partial charge in [0, 0.05) is 12.6 Å². The van der Waals surface area contributed by atoms with E-state index in [0.29, 0.717) is 16.8 Å². The second-order valence-corrected chi connectivity index (χ2v) is 5.43. The van der Waals surface area contributed by atoms with E-state index in [-0.39, 0.29) is 11.4 Å². The van der Waals surface area contributed by atoms with E-state index >= 15 is 0 Å². The van der Waals surface area contributed by atoms with Gasteiger partial charge in [-0.3, -0.25) is 10.1 Å². The van der Waals surface area contributed by atoms with Crippen molar-refractivity contribution >= 4 is 21.6 Å². The second-order valence-electron chi connectivity index (χ2n) is 4.58. The second kappa shape index (κ2) is 6.69. The summed E-state index contributed by atoms with van der Waals surface area (Å²) in [6.45, 7) is 2.61. The highest BCUT2D eigenvalue weighted by Crippen LogP contribution is 2.39. The molecule has 0 aliphatic heterocycles. The molecule has 5 nitrogen and oxygen atoms in total. The largest absolute Gasteiger partial charge is 0.449 e. The molecule has 0 saturated heterocycles. The first-order valence-electron chi connectivity index (χ1n) is 6.38. The van der Waals surface area contributed by atoms with Gasteiger partial charge in [0.25, 0.3) is 0 Å². The Balaban J connectivity index is 2.42. The van der Waals surface area contributed by atoms with Crippen LogP contribution in [0.4, 0.5) is 5.69 Å². The van der Waals surface area contributed by atoms with Gasteiger partial charge in [-0.2, -0.15) is 0 Å². The third-order valence-corrected chi connectivity index (χ3v) is 3.61. The number of nitrogens with one attached hydrogen (secondary N) is 1. The molecule has 0 heterocycles. The standard InChI is InChI=1S/C15H15BrN2O3/c1-10-6-7-11(9-17-2)8-14(10)21-15-12(16)4-3-5-13(15)18(19)20/h3-8,17H,9H2,1-2H3. The normalized spacial score (nSPS) is 10.4. The van der Waals surface area contributed by atoms with Crippen molar-refractivity contribution in [2.45, 2.75) is 13.5 Å². The molecule has 6 heteroatoms. The molecule has 1 N–H and O–H groups in total. The van der Waals surface area contributed by atoms with Crippen molar-refractivity contribution in [2.24, 2.45) is 0 Å². The molecule has 0 amide bonds. The van der Waals surface area contributed by atoms with Gasteiger partial charge in [0.15, 0.2) is 0 Å². The lowest BCUT2D eigenvalue weighted by molar-refractivity contribution is -0.385. The average Bonchev–Trinajstić information content (AvgIpc) is 2.44. The molecule has 2 aromatic carbocycles. The van der Waals surface area contributed by atoms with Crippen molar-refractivity contribution < 1.29 is 9.66 Å². The zero-order valence-corrected chi connectivity index (χ0v) is 13.3. The molecular weight excluding hydrogens is 336 g/mol. The number of nitrogens with zero attached hydrogens (tertiary/aromatic N) is 1. The molecule has 0 saturated carbocycles. The molecule has 0 radical (unpaired) electrons. The number of nitro benzene ring substituents is 1. The summed E-state index contributed by atoms with van der Waals surface area (Å²) in [5.41, 5.74) is 1.90. The summed E-state index contributed by atoms with van der Waals surface area (Å²) in [6.07, 6.45) is 0. The van der Waals surface area contributed by atoms with Gasteiger partial charge in [-0.1, -0.05) is 18.2 Å². The first kappa shape index (κ1) is 15.5. The van der Waals surface area contributed by atoms with Gasteiger partial charge in [0.1, 0.15) is 5.75 Å². The third kappa shape index (κ3) is 3.59. The summed E-state index contributed by atoms with van der Waals surface area (Å²) >= 11 is 3.30. The van der Waals surface area contributed by atoms with E-state index in [0.717, 1.165) is 11.1 Å². The Hall–Kier alpha value is -1.92. The number of benzene rings is 2. The van der Waals surface area contributed by atoms with Crippen LogP contribution >= 0.6 is 15.9 Å². The van der Waals surface area contributed by atoms with Crippen LogP contribution in [0, 0.1) is 17.0 Å². The van der Waals surface area contributed by atoms with E-state index in [9.17, 15) is 10.1 Å². The summed E-state index contributed by atoms with van der Waals surface area (Å²) in [5.74, 6) is 0.824. The number of halogens is 1. The van der Waals surface area contributed by atoms with Gasteiger partial charge in [0.2, 0.25) is 5.75 Å². The molecule has 0 unspecified atom stereocenters. The van der Waals surface area contributed by atoms with E-state index < -0.39 is 4.92 Å². The fraction of sp³-hybridized carbons (Fsp3) is 0.200. The van der Waals surface area contributed by atoms with Crippen LogP contribution in [0.3, 0.4) is 0 Å². The van der Waals surface area contributed by atoms with Gasteiger partial charge in [-0.15, -0.1) is 0 Å². The Morgan fingerprint density at radius 3 is 2.76 bits per heavy atom. The van der Waals surface area contributed by atoms with Crippen LogP contribution < -0.4 is 10.1 Å². The lowest BCUT2D eigenvalue weighted by atomic mass is 10.1. The van der Waals surface area contributed by atoms with Crippen molar-refractivity contribution in [3.8, 4) is 11.5 Å². The van der Waals surface area contributed by atoms with Crippen LogP contribution in [0.2, 0.25) is 0 Å². The number of hydrogen-bond donors (Lipinski definition) is 1. The first-order chi connectivity index (χ1) is 10.0. The van der Waals surface area contributed by atoms with E-state index in [1.807, 2.05) is 32.2 Å². The highest BCUT2D eigenvalue weighted by molar-refractivity contribution is 9.10. The van der Waals surface area contributed by atoms with Crippen molar-refractivity contribution in [3.63, 3.8) is 0 Å².